The van der Waals surface area contributed by atoms with Gasteiger partial charge in [-0.25, -0.2) is 9.67 Å². The van der Waals surface area contributed by atoms with E-state index in [2.05, 4.69) is 10.1 Å². The fraction of sp³-hybridized carbons (Fsp3) is 0.500. The van der Waals surface area contributed by atoms with E-state index in [0.717, 1.165) is 11.3 Å². The SMILES string of the molecule is COC[C@@H]1CN(C(=O)c2ccc(-n3cncn3)c(C)c2)CC(C)(C)O1. The number of hydrogen-bond donors (Lipinski definition) is 0. The maximum absolute atomic E-state index is 13.0. The summed E-state index contributed by atoms with van der Waals surface area (Å²) in [7, 11) is 1.64. The van der Waals surface area contributed by atoms with Crippen LogP contribution in [0.3, 0.4) is 0 Å². The molecule has 1 saturated heterocycles. The van der Waals surface area contributed by atoms with E-state index >= 15 is 0 Å². The van der Waals surface area contributed by atoms with Crippen LogP contribution in [0, 0.1) is 6.92 Å². The van der Waals surface area contributed by atoms with Gasteiger partial charge in [0.2, 0.25) is 0 Å². The molecule has 0 bridgehead atoms. The molecule has 1 aromatic heterocycles. The third-order valence-electron chi connectivity index (χ3n) is 4.23. The van der Waals surface area contributed by atoms with Crippen molar-refractivity contribution in [3.8, 4) is 5.69 Å². The van der Waals surface area contributed by atoms with Crippen LogP contribution in [0.1, 0.15) is 29.8 Å². The maximum atomic E-state index is 13.0. The summed E-state index contributed by atoms with van der Waals surface area (Å²) in [6.07, 6.45) is 3.02. The predicted octanol–water partition coefficient (Wildman–Crippen LogP) is 1.84. The second kappa shape index (κ2) is 6.93. The number of aromatic nitrogens is 3. The van der Waals surface area contributed by atoms with Crippen molar-refractivity contribution in [2.45, 2.75) is 32.5 Å². The number of benzene rings is 1. The highest BCUT2D eigenvalue weighted by molar-refractivity contribution is 5.94. The van der Waals surface area contributed by atoms with E-state index in [9.17, 15) is 4.79 Å². The zero-order chi connectivity index (χ0) is 18.0. The molecule has 1 fully saturated rings. The first kappa shape index (κ1) is 17.6. The zero-order valence-electron chi connectivity index (χ0n) is 15.1. The molecule has 1 amide bonds. The van der Waals surface area contributed by atoms with Gasteiger partial charge in [0.05, 0.1) is 24.0 Å². The molecule has 7 heteroatoms. The summed E-state index contributed by atoms with van der Waals surface area (Å²) in [5, 5.41) is 4.14. The molecular formula is C18H24N4O3. The number of amides is 1. The Hall–Kier alpha value is -2.25. The second-order valence-electron chi connectivity index (χ2n) is 6.98. The molecule has 25 heavy (non-hydrogen) atoms. The van der Waals surface area contributed by atoms with E-state index in [4.69, 9.17) is 9.47 Å². The highest BCUT2D eigenvalue weighted by Gasteiger charge is 2.35. The molecule has 7 nitrogen and oxygen atoms in total. The van der Waals surface area contributed by atoms with Crippen LogP contribution in [0.15, 0.2) is 30.9 Å². The molecule has 0 aliphatic carbocycles. The van der Waals surface area contributed by atoms with Crippen molar-refractivity contribution in [1.29, 1.82) is 0 Å². The molecule has 0 N–H and O–H groups in total. The van der Waals surface area contributed by atoms with Crippen molar-refractivity contribution < 1.29 is 14.3 Å². The predicted molar refractivity (Wildman–Crippen MR) is 92.8 cm³/mol. The lowest BCUT2D eigenvalue weighted by atomic mass is 10.0. The average Bonchev–Trinajstić information content (AvgIpc) is 3.07. The number of nitrogens with zero attached hydrogens (tertiary/aromatic N) is 4. The molecule has 134 valence electrons. The van der Waals surface area contributed by atoms with Crippen LogP contribution in [-0.2, 0) is 9.47 Å². The van der Waals surface area contributed by atoms with Crippen molar-refractivity contribution >= 4 is 5.91 Å². The minimum absolute atomic E-state index is 0.00529. The largest absolute Gasteiger partial charge is 0.382 e. The summed E-state index contributed by atoms with van der Waals surface area (Å²) in [6.45, 7) is 7.50. The molecule has 0 saturated carbocycles. The van der Waals surface area contributed by atoms with E-state index < -0.39 is 5.60 Å². The topological polar surface area (TPSA) is 69.5 Å². The van der Waals surface area contributed by atoms with Crippen molar-refractivity contribution in [2.75, 3.05) is 26.8 Å². The quantitative estimate of drug-likeness (QED) is 0.846. The molecule has 1 aliphatic heterocycles. The lowest BCUT2D eigenvalue weighted by Crippen LogP contribution is -2.55. The van der Waals surface area contributed by atoms with E-state index in [1.807, 2.05) is 43.9 Å². The molecule has 1 aliphatic rings. The molecule has 3 rings (SSSR count). The smallest absolute Gasteiger partial charge is 0.254 e. The first-order valence-electron chi connectivity index (χ1n) is 8.31. The van der Waals surface area contributed by atoms with Gasteiger partial charge < -0.3 is 14.4 Å². The highest BCUT2D eigenvalue weighted by atomic mass is 16.5. The maximum Gasteiger partial charge on any atom is 0.254 e. The molecule has 1 aromatic carbocycles. The Labute approximate surface area is 147 Å². The fourth-order valence-electron chi connectivity index (χ4n) is 3.28. The Bertz CT molecular complexity index is 743. The van der Waals surface area contributed by atoms with Crippen LogP contribution in [0.5, 0.6) is 0 Å². The molecule has 2 aromatic rings. The van der Waals surface area contributed by atoms with Crippen molar-refractivity contribution in [2.24, 2.45) is 0 Å². The van der Waals surface area contributed by atoms with Crippen molar-refractivity contribution in [3.05, 3.63) is 42.0 Å². The van der Waals surface area contributed by atoms with Crippen molar-refractivity contribution in [1.82, 2.24) is 19.7 Å². The Morgan fingerprint density at radius 1 is 1.44 bits per heavy atom. The first-order chi connectivity index (χ1) is 11.9. The van der Waals surface area contributed by atoms with Gasteiger partial charge in [-0.3, -0.25) is 4.79 Å². The Kier molecular flexibility index (Phi) is 4.87. The molecule has 0 unspecified atom stereocenters. The normalized spacial score (nSPS) is 19.8. The number of rotatable bonds is 4. The lowest BCUT2D eigenvalue weighted by molar-refractivity contribution is -0.143. The van der Waals surface area contributed by atoms with Gasteiger partial charge in [0, 0.05) is 25.8 Å². The standard InChI is InChI=1S/C18H24N4O3/c1-13-7-14(5-6-16(13)22-12-19-11-20-22)17(23)21-8-15(9-24-4)25-18(2,3)10-21/h5-7,11-12,15H,8-10H2,1-4H3/t15-/m0/s1. The van der Waals surface area contributed by atoms with Crippen LogP contribution in [0.4, 0.5) is 0 Å². The van der Waals surface area contributed by atoms with Crippen molar-refractivity contribution in [3.63, 3.8) is 0 Å². The summed E-state index contributed by atoms with van der Waals surface area (Å²) in [5.41, 5.74) is 2.15. The average molecular weight is 344 g/mol. The minimum atomic E-state index is -0.396. The summed E-state index contributed by atoms with van der Waals surface area (Å²) in [4.78, 5) is 18.8. The monoisotopic (exact) mass is 344 g/mol. The van der Waals surface area contributed by atoms with Crippen LogP contribution < -0.4 is 0 Å². The molecule has 0 radical (unpaired) electrons. The van der Waals surface area contributed by atoms with Gasteiger partial charge in [-0.15, -0.1) is 0 Å². The van der Waals surface area contributed by atoms with Gasteiger partial charge in [0.25, 0.3) is 5.91 Å². The number of carbonyl (C=O) groups is 1. The van der Waals surface area contributed by atoms with E-state index in [1.165, 1.54) is 6.33 Å². The summed E-state index contributed by atoms with van der Waals surface area (Å²) >= 11 is 0. The van der Waals surface area contributed by atoms with Gasteiger partial charge in [-0.05, 0) is 44.5 Å². The number of ether oxygens (including phenoxy) is 2. The fourth-order valence-corrected chi connectivity index (χ4v) is 3.28. The van der Waals surface area contributed by atoms with E-state index in [0.29, 0.717) is 25.3 Å². The molecular weight excluding hydrogens is 320 g/mol. The molecule has 1 atom stereocenters. The number of morpholine rings is 1. The van der Waals surface area contributed by atoms with Gasteiger partial charge in [0.15, 0.2) is 0 Å². The Morgan fingerprint density at radius 2 is 2.24 bits per heavy atom. The number of hydrogen-bond acceptors (Lipinski definition) is 5. The highest BCUT2D eigenvalue weighted by Crippen LogP contribution is 2.24. The second-order valence-corrected chi connectivity index (χ2v) is 6.98. The van der Waals surface area contributed by atoms with Crippen LogP contribution >= 0.6 is 0 Å². The zero-order valence-corrected chi connectivity index (χ0v) is 15.1. The van der Waals surface area contributed by atoms with Crippen LogP contribution in [-0.4, -0.2) is 64.1 Å². The van der Waals surface area contributed by atoms with Gasteiger partial charge in [-0.2, -0.15) is 5.10 Å². The van der Waals surface area contributed by atoms with Gasteiger partial charge >= 0.3 is 0 Å². The minimum Gasteiger partial charge on any atom is -0.382 e. The Balaban J connectivity index is 1.81. The van der Waals surface area contributed by atoms with Gasteiger partial charge in [-0.1, -0.05) is 0 Å². The van der Waals surface area contributed by atoms with Gasteiger partial charge in [0.1, 0.15) is 12.7 Å². The van der Waals surface area contributed by atoms with E-state index in [1.54, 1.807) is 18.1 Å². The van der Waals surface area contributed by atoms with Crippen LogP contribution in [0.2, 0.25) is 0 Å². The number of methoxy groups -OCH3 is 1. The lowest BCUT2D eigenvalue weighted by Gasteiger charge is -2.42. The third kappa shape index (κ3) is 3.88. The summed E-state index contributed by atoms with van der Waals surface area (Å²) in [5.74, 6) is 0.00529. The molecule has 2 heterocycles. The van der Waals surface area contributed by atoms with Crippen LogP contribution in [0.25, 0.3) is 5.69 Å². The van der Waals surface area contributed by atoms with E-state index in [-0.39, 0.29) is 12.0 Å². The first-order valence-corrected chi connectivity index (χ1v) is 8.31. The Morgan fingerprint density at radius 3 is 2.88 bits per heavy atom. The third-order valence-corrected chi connectivity index (χ3v) is 4.23. The number of aryl methyl sites for hydroxylation is 1. The number of carbonyl (C=O) groups excluding carboxylic acids is 1. The summed E-state index contributed by atoms with van der Waals surface area (Å²) in [6, 6.07) is 5.63. The molecule has 0 spiro atoms. The summed E-state index contributed by atoms with van der Waals surface area (Å²) < 4.78 is 12.9.